The first-order valence-electron chi connectivity index (χ1n) is 7.37. The molecule has 0 saturated carbocycles. The summed E-state index contributed by atoms with van der Waals surface area (Å²) in [6.45, 7) is 10.4. The van der Waals surface area contributed by atoms with Crippen LogP contribution < -0.4 is 0 Å². The van der Waals surface area contributed by atoms with Crippen molar-refractivity contribution in [3.8, 4) is 16.9 Å². The van der Waals surface area contributed by atoms with Gasteiger partial charge in [-0.2, -0.15) is 0 Å². The Morgan fingerprint density at radius 2 is 1.45 bits per heavy atom. The molecule has 4 nitrogen and oxygen atoms in total. The number of phenolic OH excluding ortho intramolecular Hbond substituents is 1. The monoisotopic (exact) mass is 301 g/mol. The van der Waals surface area contributed by atoms with E-state index in [1.54, 1.807) is 6.07 Å². The van der Waals surface area contributed by atoms with Gasteiger partial charge in [-0.15, -0.1) is 0 Å². The molecule has 0 aliphatic carbocycles. The number of phenols is 1. The molecule has 0 atom stereocenters. The van der Waals surface area contributed by atoms with E-state index in [2.05, 4.69) is 20.8 Å². The summed E-state index contributed by atoms with van der Waals surface area (Å²) in [6, 6.07) is 12.3. The van der Waals surface area contributed by atoms with E-state index >= 15 is 0 Å². The second-order valence-electron chi connectivity index (χ2n) is 5.79. The zero-order chi connectivity index (χ0) is 16.9. The molecule has 2 aromatic carbocycles. The molecule has 0 spiro atoms. The van der Waals surface area contributed by atoms with Crippen LogP contribution in [0.5, 0.6) is 5.75 Å². The number of hydrogen-bond donors (Lipinski definition) is 1. The molecule has 4 heteroatoms. The topological polar surface area (TPSA) is 63.4 Å². The molecule has 2 rings (SSSR count). The lowest BCUT2D eigenvalue weighted by Crippen LogP contribution is -2.10. The number of hydrogen-bond acceptors (Lipinski definition) is 3. The fourth-order valence-electron chi connectivity index (χ4n) is 2.01. The lowest BCUT2D eigenvalue weighted by Gasteiger charge is -2.19. The number of nitro groups is 1. The van der Waals surface area contributed by atoms with Crippen LogP contribution in [0, 0.1) is 10.1 Å². The van der Waals surface area contributed by atoms with Crippen molar-refractivity contribution in [1.29, 1.82) is 0 Å². The van der Waals surface area contributed by atoms with Crippen LogP contribution in [0.25, 0.3) is 11.1 Å². The highest BCUT2D eigenvalue weighted by Gasteiger charge is 2.16. The van der Waals surface area contributed by atoms with Gasteiger partial charge < -0.3 is 5.11 Å². The van der Waals surface area contributed by atoms with E-state index in [0.717, 1.165) is 11.1 Å². The van der Waals surface area contributed by atoms with Gasteiger partial charge in [-0.05, 0) is 28.2 Å². The van der Waals surface area contributed by atoms with Crippen LogP contribution in [0.4, 0.5) is 5.69 Å². The van der Waals surface area contributed by atoms with Crippen LogP contribution in [0.2, 0.25) is 0 Å². The van der Waals surface area contributed by atoms with Gasteiger partial charge in [0.25, 0.3) is 0 Å². The van der Waals surface area contributed by atoms with Gasteiger partial charge >= 0.3 is 5.69 Å². The largest absolute Gasteiger partial charge is 0.502 e. The molecular weight excluding hydrogens is 278 g/mol. The quantitative estimate of drug-likeness (QED) is 0.605. The first-order chi connectivity index (χ1) is 10.3. The second-order valence-corrected chi connectivity index (χ2v) is 5.79. The van der Waals surface area contributed by atoms with Crippen molar-refractivity contribution in [2.45, 2.75) is 40.0 Å². The van der Waals surface area contributed by atoms with Crippen molar-refractivity contribution in [3.63, 3.8) is 0 Å². The predicted molar refractivity (Wildman–Crippen MR) is 90.2 cm³/mol. The Morgan fingerprint density at radius 1 is 0.955 bits per heavy atom. The minimum absolute atomic E-state index is 0.0689. The Labute approximate surface area is 131 Å². The van der Waals surface area contributed by atoms with Gasteiger partial charge in [0.2, 0.25) is 0 Å². The summed E-state index contributed by atoms with van der Waals surface area (Å²) in [4.78, 5) is 10.3. The average molecular weight is 301 g/mol. The Hall–Kier alpha value is -2.36. The molecule has 118 valence electrons. The van der Waals surface area contributed by atoms with Crippen molar-refractivity contribution in [3.05, 3.63) is 58.1 Å². The fourth-order valence-corrected chi connectivity index (χ4v) is 2.01. The fraction of sp³-hybridized carbons (Fsp3) is 0.333. The van der Waals surface area contributed by atoms with Gasteiger partial charge in [0.05, 0.1) is 4.92 Å². The summed E-state index contributed by atoms with van der Waals surface area (Å²) in [5, 5.41) is 20.3. The minimum atomic E-state index is -0.581. The maximum atomic E-state index is 10.8. The Bertz CT molecular complexity index is 640. The first-order valence-corrected chi connectivity index (χ1v) is 7.37. The normalized spacial score (nSPS) is 10.6. The average Bonchev–Trinajstić information content (AvgIpc) is 2.49. The molecule has 1 N–H and O–H groups in total. The Kier molecular flexibility index (Phi) is 5.69. The molecule has 0 fully saturated rings. The zero-order valence-corrected chi connectivity index (χ0v) is 13.8. The van der Waals surface area contributed by atoms with Crippen LogP contribution >= 0.6 is 0 Å². The van der Waals surface area contributed by atoms with E-state index in [0.29, 0.717) is 0 Å². The highest BCUT2D eigenvalue weighted by molar-refractivity contribution is 5.69. The molecule has 0 unspecified atom stereocenters. The molecule has 0 heterocycles. The van der Waals surface area contributed by atoms with Crippen LogP contribution in [-0.2, 0) is 5.41 Å². The van der Waals surface area contributed by atoms with Crippen molar-refractivity contribution < 1.29 is 10.0 Å². The van der Waals surface area contributed by atoms with Crippen molar-refractivity contribution >= 4 is 5.69 Å². The maximum absolute atomic E-state index is 10.8. The van der Waals surface area contributed by atoms with E-state index < -0.39 is 4.92 Å². The third-order valence-corrected chi connectivity index (χ3v) is 3.26. The number of nitrogens with zero attached hydrogens (tertiary/aromatic N) is 1. The van der Waals surface area contributed by atoms with E-state index in [-0.39, 0.29) is 16.9 Å². The molecule has 22 heavy (non-hydrogen) atoms. The van der Waals surface area contributed by atoms with E-state index in [1.165, 1.54) is 17.7 Å². The molecule has 0 aromatic heterocycles. The van der Waals surface area contributed by atoms with Crippen LogP contribution in [0.1, 0.15) is 40.2 Å². The molecular formula is C18H23NO3. The van der Waals surface area contributed by atoms with Crippen molar-refractivity contribution in [1.82, 2.24) is 0 Å². The third kappa shape index (κ3) is 4.07. The summed E-state index contributed by atoms with van der Waals surface area (Å²) in [7, 11) is 0. The standard InChI is InChI=1S/C16H17NO3.C2H6/c1-16(2,3)13-7-4-11(5-8-13)12-6-9-15(18)14(10-12)17(19)20;1-2/h4-10,18H,1-3H3;1-2H3. The summed E-state index contributed by atoms with van der Waals surface area (Å²) >= 11 is 0. The minimum Gasteiger partial charge on any atom is -0.502 e. The first kappa shape index (κ1) is 17.7. The van der Waals surface area contributed by atoms with Gasteiger partial charge in [-0.1, -0.05) is 65.0 Å². The third-order valence-electron chi connectivity index (χ3n) is 3.26. The number of rotatable bonds is 2. The molecule has 0 aliphatic rings. The smallest absolute Gasteiger partial charge is 0.311 e. The summed E-state index contributed by atoms with van der Waals surface area (Å²) < 4.78 is 0. The predicted octanol–water partition coefficient (Wildman–Crippen LogP) is 5.29. The van der Waals surface area contributed by atoms with Crippen LogP contribution in [-0.4, -0.2) is 10.0 Å². The van der Waals surface area contributed by atoms with E-state index in [4.69, 9.17) is 0 Å². The van der Waals surface area contributed by atoms with Gasteiger partial charge in [0.15, 0.2) is 5.75 Å². The summed E-state index contributed by atoms with van der Waals surface area (Å²) in [5.74, 6) is -0.315. The van der Waals surface area contributed by atoms with Crippen molar-refractivity contribution in [2.24, 2.45) is 0 Å². The number of benzene rings is 2. The van der Waals surface area contributed by atoms with Gasteiger partial charge in [0, 0.05) is 6.07 Å². The summed E-state index contributed by atoms with van der Waals surface area (Å²) in [6.07, 6.45) is 0. The summed E-state index contributed by atoms with van der Waals surface area (Å²) in [5.41, 5.74) is 2.60. The Morgan fingerprint density at radius 3 is 1.91 bits per heavy atom. The van der Waals surface area contributed by atoms with Crippen molar-refractivity contribution in [2.75, 3.05) is 0 Å². The molecule has 0 radical (unpaired) electrons. The van der Waals surface area contributed by atoms with E-state index in [9.17, 15) is 15.2 Å². The lowest BCUT2D eigenvalue weighted by molar-refractivity contribution is -0.385. The zero-order valence-electron chi connectivity index (χ0n) is 13.8. The highest BCUT2D eigenvalue weighted by Crippen LogP contribution is 2.32. The Balaban J connectivity index is 0.00000116. The molecule has 2 aromatic rings. The van der Waals surface area contributed by atoms with Gasteiger partial charge in [-0.25, -0.2) is 0 Å². The maximum Gasteiger partial charge on any atom is 0.311 e. The second kappa shape index (κ2) is 7.07. The highest BCUT2D eigenvalue weighted by atomic mass is 16.6. The number of aromatic hydroxyl groups is 1. The molecule has 0 saturated heterocycles. The molecule has 0 bridgehead atoms. The van der Waals surface area contributed by atoms with Crippen LogP contribution in [0.15, 0.2) is 42.5 Å². The molecule has 0 aliphatic heterocycles. The lowest BCUT2D eigenvalue weighted by atomic mass is 9.86. The number of nitro benzene ring substituents is 1. The van der Waals surface area contributed by atoms with Gasteiger partial charge in [-0.3, -0.25) is 10.1 Å². The van der Waals surface area contributed by atoms with Crippen LogP contribution in [0.3, 0.4) is 0 Å². The SMILES string of the molecule is CC.CC(C)(C)c1ccc(-c2ccc(O)c([N+](=O)[O-])c2)cc1. The van der Waals surface area contributed by atoms with Gasteiger partial charge in [0.1, 0.15) is 0 Å². The molecule has 0 amide bonds. The van der Waals surface area contributed by atoms with E-state index in [1.807, 2.05) is 38.1 Å².